The van der Waals surface area contributed by atoms with E-state index < -0.39 is 0 Å². The zero-order chi connectivity index (χ0) is 17.8. The first-order valence-corrected chi connectivity index (χ1v) is 8.25. The van der Waals surface area contributed by atoms with Crippen molar-refractivity contribution in [3.63, 3.8) is 0 Å². The molecule has 0 aliphatic heterocycles. The summed E-state index contributed by atoms with van der Waals surface area (Å²) in [6.45, 7) is 3.91. The lowest BCUT2D eigenvalue weighted by molar-refractivity contribution is -0.120. The van der Waals surface area contributed by atoms with E-state index in [4.69, 9.17) is 0 Å². The van der Waals surface area contributed by atoms with Crippen LogP contribution in [0.15, 0.2) is 60.7 Å². The molecule has 1 aromatic heterocycles. The lowest BCUT2D eigenvalue weighted by atomic mass is 10.1. The molecule has 5 nitrogen and oxygen atoms in total. The third-order valence-corrected chi connectivity index (χ3v) is 4.26. The molecule has 2 aromatic carbocycles. The normalized spacial score (nSPS) is 10.5. The molecule has 25 heavy (non-hydrogen) atoms. The molecule has 0 saturated carbocycles. The zero-order valence-corrected chi connectivity index (χ0v) is 14.7. The number of benzene rings is 2. The van der Waals surface area contributed by atoms with Gasteiger partial charge in [-0.3, -0.25) is 19.9 Å². The summed E-state index contributed by atoms with van der Waals surface area (Å²) < 4.78 is 1.81. The molecule has 0 radical (unpaired) electrons. The first-order chi connectivity index (χ1) is 12.1. The van der Waals surface area contributed by atoms with Crippen molar-refractivity contribution in [1.29, 1.82) is 0 Å². The minimum atomic E-state index is -0.0769. The molecule has 1 amide bonds. The number of hydrogen-bond acceptors (Lipinski definition) is 3. The maximum atomic E-state index is 12.7. The molecule has 0 spiro atoms. The van der Waals surface area contributed by atoms with Crippen LogP contribution in [0, 0.1) is 13.8 Å². The molecule has 0 unspecified atom stereocenters. The van der Waals surface area contributed by atoms with Crippen LogP contribution in [-0.2, 0) is 18.3 Å². The monoisotopic (exact) mass is 334 g/mol. The SMILES string of the molecule is Cc1nn(C)c(C)c1CC(=O)NN(c1ccccc1)c1ccccc1. The van der Waals surface area contributed by atoms with E-state index in [-0.39, 0.29) is 5.91 Å². The Morgan fingerprint density at radius 2 is 1.52 bits per heavy atom. The molecule has 1 heterocycles. The second kappa shape index (κ2) is 7.21. The number of rotatable bonds is 5. The van der Waals surface area contributed by atoms with E-state index in [2.05, 4.69) is 10.5 Å². The molecule has 3 rings (SSSR count). The van der Waals surface area contributed by atoms with Gasteiger partial charge in [0.05, 0.1) is 23.5 Å². The first-order valence-electron chi connectivity index (χ1n) is 8.25. The molecule has 0 bridgehead atoms. The highest BCUT2D eigenvalue weighted by Gasteiger charge is 2.17. The molecule has 0 saturated heterocycles. The Kier molecular flexibility index (Phi) is 4.84. The Bertz CT molecular complexity index is 817. The van der Waals surface area contributed by atoms with E-state index in [0.29, 0.717) is 6.42 Å². The van der Waals surface area contributed by atoms with E-state index >= 15 is 0 Å². The van der Waals surface area contributed by atoms with Crippen LogP contribution in [0.5, 0.6) is 0 Å². The summed E-state index contributed by atoms with van der Waals surface area (Å²) in [6, 6.07) is 19.6. The van der Waals surface area contributed by atoms with Crippen LogP contribution in [0.25, 0.3) is 0 Å². The number of amides is 1. The number of hydrogen-bond donors (Lipinski definition) is 1. The van der Waals surface area contributed by atoms with Gasteiger partial charge in [0.1, 0.15) is 0 Å². The second-order valence-corrected chi connectivity index (χ2v) is 5.99. The van der Waals surface area contributed by atoms with Crippen molar-refractivity contribution in [3.8, 4) is 0 Å². The molecule has 3 aromatic rings. The molecule has 1 N–H and O–H groups in total. The number of aromatic nitrogens is 2. The van der Waals surface area contributed by atoms with Crippen molar-refractivity contribution in [2.75, 3.05) is 5.01 Å². The fourth-order valence-electron chi connectivity index (χ4n) is 2.83. The van der Waals surface area contributed by atoms with Gasteiger partial charge in [0.15, 0.2) is 0 Å². The highest BCUT2D eigenvalue weighted by Crippen LogP contribution is 2.22. The summed E-state index contributed by atoms with van der Waals surface area (Å²) in [5.41, 5.74) is 7.70. The van der Waals surface area contributed by atoms with E-state index in [1.807, 2.05) is 91.2 Å². The maximum Gasteiger partial charge on any atom is 0.243 e. The number of aryl methyl sites for hydroxylation is 2. The van der Waals surface area contributed by atoms with Gasteiger partial charge in [-0.2, -0.15) is 5.10 Å². The lowest BCUT2D eigenvalue weighted by Gasteiger charge is -2.25. The van der Waals surface area contributed by atoms with Crippen LogP contribution in [0.4, 0.5) is 11.4 Å². The Hall–Kier alpha value is -3.08. The van der Waals surface area contributed by atoms with Gasteiger partial charge < -0.3 is 0 Å². The van der Waals surface area contributed by atoms with Gasteiger partial charge in [-0.1, -0.05) is 36.4 Å². The smallest absolute Gasteiger partial charge is 0.243 e. The summed E-state index contributed by atoms with van der Waals surface area (Å²) >= 11 is 0. The van der Waals surface area contributed by atoms with Crippen LogP contribution in [0.2, 0.25) is 0 Å². The highest BCUT2D eigenvalue weighted by atomic mass is 16.2. The van der Waals surface area contributed by atoms with Crippen molar-refractivity contribution in [2.24, 2.45) is 7.05 Å². The van der Waals surface area contributed by atoms with Gasteiger partial charge >= 0.3 is 0 Å². The van der Waals surface area contributed by atoms with E-state index in [1.54, 1.807) is 0 Å². The van der Waals surface area contributed by atoms with Crippen molar-refractivity contribution in [3.05, 3.63) is 77.6 Å². The molecular formula is C20H22N4O. The summed E-state index contributed by atoms with van der Waals surface area (Å²) in [5, 5.41) is 6.19. The first kappa shape index (κ1) is 16.8. The van der Waals surface area contributed by atoms with Crippen LogP contribution in [0.3, 0.4) is 0 Å². The summed E-state index contributed by atoms with van der Waals surface area (Å²) in [5.74, 6) is -0.0769. The highest BCUT2D eigenvalue weighted by molar-refractivity contribution is 5.83. The maximum absolute atomic E-state index is 12.7. The number of anilines is 2. The molecule has 0 atom stereocenters. The van der Waals surface area contributed by atoms with E-state index in [1.165, 1.54) is 0 Å². The number of nitrogens with one attached hydrogen (secondary N) is 1. The third kappa shape index (κ3) is 3.71. The Balaban J connectivity index is 1.84. The van der Waals surface area contributed by atoms with E-state index in [0.717, 1.165) is 28.3 Å². The molecule has 0 aliphatic rings. The molecule has 128 valence electrons. The largest absolute Gasteiger partial charge is 0.273 e. The van der Waals surface area contributed by atoms with Crippen LogP contribution >= 0.6 is 0 Å². The number of carbonyl (C=O) groups is 1. The molecule has 0 fully saturated rings. The van der Waals surface area contributed by atoms with Gasteiger partial charge in [-0.25, -0.2) is 0 Å². The van der Waals surface area contributed by atoms with Gasteiger partial charge in [0.25, 0.3) is 0 Å². The fraction of sp³-hybridized carbons (Fsp3) is 0.200. The second-order valence-electron chi connectivity index (χ2n) is 5.99. The number of nitrogens with zero attached hydrogens (tertiary/aromatic N) is 3. The minimum absolute atomic E-state index is 0.0769. The van der Waals surface area contributed by atoms with Crippen molar-refractivity contribution >= 4 is 17.3 Å². The number of para-hydroxylation sites is 2. The van der Waals surface area contributed by atoms with Gasteiger partial charge in [0.2, 0.25) is 5.91 Å². The third-order valence-electron chi connectivity index (χ3n) is 4.26. The van der Waals surface area contributed by atoms with Gasteiger partial charge in [-0.05, 0) is 38.1 Å². The summed E-state index contributed by atoms with van der Waals surface area (Å²) in [6.07, 6.45) is 0.293. The quantitative estimate of drug-likeness (QED) is 0.727. The Labute approximate surface area is 147 Å². The Morgan fingerprint density at radius 3 is 1.96 bits per heavy atom. The Morgan fingerprint density at radius 1 is 1.00 bits per heavy atom. The van der Waals surface area contributed by atoms with Gasteiger partial charge in [0, 0.05) is 18.3 Å². The topological polar surface area (TPSA) is 50.2 Å². The van der Waals surface area contributed by atoms with Gasteiger partial charge in [-0.15, -0.1) is 0 Å². The van der Waals surface area contributed by atoms with Crippen molar-refractivity contribution in [1.82, 2.24) is 15.2 Å². The average Bonchev–Trinajstić information content (AvgIpc) is 2.87. The standard InChI is InChI=1S/C20H22N4O/c1-15-19(16(2)23(3)21-15)14-20(25)22-24(17-10-6-4-7-11-17)18-12-8-5-9-13-18/h4-13H,14H2,1-3H3,(H,22,25). The molecular weight excluding hydrogens is 312 g/mol. The average molecular weight is 334 g/mol. The van der Waals surface area contributed by atoms with E-state index in [9.17, 15) is 4.79 Å². The van der Waals surface area contributed by atoms with Crippen molar-refractivity contribution < 1.29 is 4.79 Å². The molecule has 0 aliphatic carbocycles. The predicted octanol–water partition coefficient (Wildman–Crippen LogP) is 3.45. The molecule has 5 heteroatoms. The number of carbonyl (C=O) groups excluding carboxylic acids is 1. The fourth-order valence-corrected chi connectivity index (χ4v) is 2.83. The zero-order valence-electron chi connectivity index (χ0n) is 14.7. The predicted molar refractivity (Wildman–Crippen MR) is 99.6 cm³/mol. The minimum Gasteiger partial charge on any atom is -0.273 e. The summed E-state index contributed by atoms with van der Waals surface area (Å²) in [4.78, 5) is 12.7. The number of hydrazine groups is 1. The van der Waals surface area contributed by atoms with Crippen LogP contribution < -0.4 is 10.4 Å². The van der Waals surface area contributed by atoms with Crippen LogP contribution in [-0.4, -0.2) is 15.7 Å². The van der Waals surface area contributed by atoms with Crippen molar-refractivity contribution in [2.45, 2.75) is 20.3 Å². The van der Waals surface area contributed by atoms with Crippen LogP contribution in [0.1, 0.15) is 17.0 Å². The summed E-state index contributed by atoms with van der Waals surface area (Å²) in [7, 11) is 1.89. The lowest BCUT2D eigenvalue weighted by Crippen LogP contribution is -2.39.